The highest BCUT2D eigenvalue weighted by Crippen LogP contribution is 2.30. The Morgan fingerprint density at radius 2 is 1.89 bits per heavy atom. The number of pyridine rings is 1. The number of nitrogens with one attached hydrogen (secondary N) is 1. The number of rotatable bonds is 4. The second-order valence-corrected chi connectivity index (χ2v) is 10.5. The van der Waals surface area contributed by atoms with Crippen LogP contribution in [-0.4, -0.2) is 68.0 Å². The van der Waals surface area contributed by atoms with Crippen molar-refractivity contribution in [1.29, 1.82) is 0 Å². The number of ether oxygens (including phenoxy) is 1. The SMILES string of the molecule is Cc1cn2cc(NC(=O)c3ccc(N(C)C4CCN(C(=O)OC(C)(C)C)C4)c4nccnc34)cc(F)c2n1. The first-order valence-corrected chi connectivity index (χ1v) is 12.4. The average molecular weight is 520 g/mol. The Labute approximate surface area is 219 Å². The van der Waals surface area contributed by atoms with E-state index in [2.05, 4.69) is 25.2 Å². The fourth-order valence-corrected chi connectivity index (χ4v) is 4.70. The molecule has 0 bridgehead atoms. The van der Waals surface area contributed by atoms with Gasteiger partial charge >= 0.3 is 6.09 Å². The second-order valence-electron chi connectivity index (χ2n) is 10.5. The third kappa shape index (κ3) is 4.96. The fourth-order valence-electron chi connectivity index (χ4n) is 4.70. The number of amides is 2. The molecule has 10 nitrogen and oxygen atoms in total. The van der Waals surface area contributed by atoms with Crippen LogP contribution in [0, 0.1) is 12.7 Å². The number of likely N-dealkylation sites (N-methyl/N-ethyl adjacent to an activating group) is 1. The van der Waals surface area contributed by atoms with Gasteiger partial charge in [0.1, 0.15) is 16.6 Å². The topological polar surface area (TPSA) is 105 Å². The molecular weight excluding hydrogens is 489 g/mol. The highest BCUT2D eigenvalue weighted by molar-refractivity contribution is 6.13. The van der Waals surface area contributed by atoms with E-state index < -0.39 is 17.3 Å². The Bertz CT molecular complexity index is 1550. The van der Waals surface area contributed by atoms with Gasteiger partial charge in [-0.05, 0) is 46.2 Å². The number of hydrogen-bond acceptors (Lipinski definition) is 7. The average Bonchev–Trinajstić information content (AvgIpc) is 3.49. The van der Waals surface area contributed by atoms with Crippen LogP contribution >= 0.6 is 0 Å². The Balaban J connectivity index is 1.39. The molecule has 0 spiro atoms. The van der Waals surface area contributed by atoms with Crippen molar-refractivity contribution in [3.8, 4) is 0 Å². The van der Waals surface area contributed by atoms with Crippen LogP contribution in [0.2, 0.25) is 0 Å². The van der Waals surface area contributed by atoms with Gasteiger partial charge in [-0.3, -0.25) is 14.8 Å². The van der Waals surface area contributed by atoms with E-state index in [4.69, 9.17) is 4.74 Å². The second kappa shape index (κ2) is 9.55. The summed E-state index contributed by atoms with van der Waals surface area (Å²) >= 11 is 0. The number of hydrogen-bond donors (Lipinski definition) is 1. The molecule has 1 unspecified atom stereocenters. The standard InChI is InChI=1S/C27H30FN7O3/c1-16-13-35-14-17(12-20(28)24(35)31-16)32-25(36)19-6-7-21(23-22(19)29-9-10-30-23)33(5)18-8-11-34(15-18)26(37)38-27(2,3)4/h6-7,9-10,12-14,18H,8,11,15H2,1-5H3,(H,32,36). The minimum atomic E-state index is -0.557. The lowest BCUT2D eigenvalue weighted by molar-refractivity contribution is 0.0292. The van der Waals surface area contributed by atoms with Gasteiger partial charge in [0.15, 0.2) is 11.5 Å². The minimum Gasteiger partial charge on any atom is -0.444 e. The van der Waals surface area contributed by atoms with Gasteiger partial charge in [-0.1, -0.05) is 0 Å². The third-order valence-electron chi connectivity index (χ3n) is 6.48. The summed E-state index contributed by atoms with van der Waals surface area (Å²) in [5.41, 5.74) is 2.70. The number of halogens is 1. The lowest BCUT2D eigenvalue weighted by Gasteiger charge is -2.28. The van der Waals surface area contributed by atoms with Crippen LogP contribution in [0.15, 0.2) is 43.0 Å². The third-order valence-corrected chi connectivity index (χ3v) is 6.48. The molecule has 38 heavy (non-hydrogen) atoms. The molecule has 1 N–H and O–H groups in total. The number of aryl methyl sites for hydroxylation is 1. The number of benzene rings is 1. The van der Waals surface area contributed by atoms with Crippen molar-refractivity contribution in [3.63, 3.8) is 0 Å². The molecule has 0 saturated carbocycles. The van der Waals surface area contributed by atoms with Crippen LogP contribution in [0.5, 0.6) is 0 Å². The number of nitrogens with zero attached hydrogens (tertiary/aromatic N) is 6. The van der Waals surface area contributed by atoms with Gasteiger partial charge in [-0.25, -0.2) is 14.2 Å². The summed E-state index contributed by atoms with van der Waals surface area (Å²) in [6.45, 7) is 8.42. The molecule has 198 valence electrons. The molecule has 0 aliphatic carbocycles. The maximum Gasteiger partial charge on any atom is 0.410 e. The summed E-state index contributed by atoms with van der Waals surface area (Å²) < 4.78 is 21.6. The molecule has 0 radical (unpaired) electrons. The van der Waals surface area contributed by atoms with E-state index >= 15 is 0 Å². The largest absolute Gasteiger partial charge is 0.444 e. The van der Waals surface area contributed by atoms with E-state index in [1.54, 1.807) is 40.9 Å². The zero-order valence-corrected chi connectivity index (χ0v) is 22.0. The van der Waals surface area contributed by atoms with Crippen LogP contribution in [0.3, 0.4) is 0 Å². The first kappa shape index (κ1) is 25.4. The molecule has 1 aliphatic rings. The normalized spacial score (nSPS) is 15.7. The minimum absolute atomic E-state index is 0.0424. The lowest BCUT2D eigenvalue weighted by Crippen LogP contribution is -2.39. The molecule has 11 heteroatoms. The van der Waals surface area contributed by atoms with Crippen LogP contribution in [0.25, 0.3) is 16.7 Å². The van der Waals surface area contributed by atoms with Crippen molar-refractivity contribution in [2.75, 3.05) is 30.4 Å². The van der Waals surface area contributed by atoms with E-state index in [9.17, 15) is 14.0 Å². The first-order chi connectivity index (χ1) is 18.0. The summed E-state index contributed by atoms with van der Waals surface area (Å²) in [6.07, 6.45) is 6.85. The Morgan fingerprint density at radius 1 is 1.16 bits per heavy atom. The van der Waals surface area contributed by atoms with Crippen LogP contribution in [0.1, 0.15) is 43.2 Å². The highest BCUT2D eigenvalue weighted by atomic mass is 19.1. The number of likely N-dealkylation sites (tertiary alicyclic amines) is 1. The zero-order chi connectivity index (χ0) is 27.2. The molecule has 1 fully saturated rings. The van der Waals surface area contributed by atoms with E-state index in [-0.39, 0.29) is 17.8 Å². The van der Waals surface area contributed by atoms with E-state index in [1.807, 2.05) is 33.9 Å². The molecule has 4 heterocycles. The van der Waals surface area contributed by atoms with Crippen molar-refractivity contribution in [2.24, 2.45) is 0 Å². The predicted molar refractivity (Wildman–Crippen MR) is 142 cm³/mol. The number of carbonyl (C=O) groups excluding carboxylic acids is 2. The van der Waals surface area contributed by atoms with Crippen molar-refractivity contribution in [2.45, 2.75) is 45.8 Å². The molecule has 1 aromatic carbocycles. The fraction of sp³-hybridized carbons (Fsp3) is 0.370. The molecule has 5 rings (SSSR count). The van der Waals surface area contributed by atoms with E-state index in [0.29, 0.717) is 41.1 Å². The van der Waals surface area contributed by atoms with E-state index in [0.717, 1.165) is 12.1 Å². The maximum atomic E-state index is 14.5. The highest BCUT2D eigenvalue weighted by Gasteiger charge is 2.32. The monoisotopic (exact) mass is 519 g/mol. The van der Waals surface area contributed by atoms with Gasteiger partial charge in [-0.15, -0.1) is 0 Å². The van der Waals surface area contributed by atoms with Crippen LogP contribution < -0.4 is 10.2 Å². The van der Waals surface area contributed by atoms with Crippen molar-refractivity contribution in [1.82, 2.24) is 24.3 Å². The van der Waals surface area contributed by atoms with Gasteiger partial charge in [-0.2, -0.15) is 0 Å². The predicted octanol–water partition coefficient (Wildman–Crippen LogP) is 4.42. The molecule has 1 atom stereocenters. The quantitative estimate of drug-likeness (QED) is 0.425. The van der Waals surface area contributed by atoms with Gasteiger partial charge in [0.05, 0.1) is 22.6 Å². The summed E-state index contributed by atoms with van der Waals surface area (Å²) in [7, 11) is 1.94. The Hall–Kier alpha value is -4.28. The van der Waals surface area contributed by atoms with Crippen molar-refractivity contribution >= 4 is 40.1 Å². The number of imidazole rings is 1. The first-order valence-electron chi connectivity index (χ1n) is 12.4. The smallest absolute Gasteiger partial charge is 0.410 e. The number of fused-ring (bicyclic) bond motifs is 2. The van der Waals surface area contributed by atoms with Crippen molar-refractivity contribution < 1.29 is 18.7 Å². The summed E-state index contributed by atoms with van der Waals surface area (Å²) in [5, 5.41) is 2.77. The van der Waals surface area contributed by atoms with Crippen molar-refractivity contribution in [3.05, 3.63) is 60.1 Å². The van der Waals surface area contributed by atoms with Gasteiger partial charge in [0, 0.05) is 57.0 Å². The number of anilines is 2. The Morgan fingerprint density at radius 3 is 2.63 bits per heavy atom. The molecule has 2 amide bonds. The summed E-state index contributed by atoms with van der Waals surface area (Å²) in [4.78, 5) is 42.7. The van der Waals surface area contributed by atoms with E-state index in [1.165, 1.54) is 12.3 Å². The molecule has 1 saturated heterocycles. The molecule has 1 aliphatic heterocycles. The summed E-state index contributed by atoms with van der Waals surface area (Å²) in [6, 6.07) is 4.80. The van der Waals surface area contributed by atoms with Gasteiger partial charge < -0.3 is 24.3 Å². The molecular formula is C27H30FN7O3. The molecule has 4 aromatic rings. The molecule has 3 aromatic heterocycles. The van der Waals surface area contributed by atoms with Gasteiger partial charge in [0.2, 0.25) is 0 Å². The Kier molecular flexibility index (Phi) is 6.38. The summed E-state index contributed by atoms with van der Waals surface area (Å²) in [5.74, 6) is -0.966. The van der Waals surface area contributed by atoms with Crippen LogP contribution in [-0.2, 0) is 4.74 Å². The lowest BCUT2D eigenvalue weighted by atomic mass is 10.1. The van der Waals surface area contributed by atoms with Crippen LogP contribution in [0.4, 0.5) is 20.6 Å². The van der Waals surface area contributed by atoms with Gasteiger partial charge in [0.25, 0.3) is 5.91 Å². The maximum absolute atomic E-state index is 14.5. The zero-order valence-electron chi connectivity index (χ0n) is 22.0. The number of aromatic nitrogens is 4. The number of carbonyl (C=O) groups is 2.